The van der Waals surface area contributed by atoms with Crippen molar-refractivity contribution in [1.29, 1.82) is 0 Å². The van der Waals surface area contributed by atoms with E-state index in [0.29, 0.717) is 6.04 Å². The van der Waals surface area contributed by atoms with E-state index in [1.54, 1.807) is 0 Å². The third kappa shape index (κ3) is 1.73. The molecule has 2 aliphatic heterocycles. The van der Waals surface area contributed by atoms with E-state index < -0.39 is 5.60 Å². The van der Waals surface area contributed by atoms with E-state index in [9.17, 15) is 4.79 Å². The number of benzene rings is 1. The van der Waals surface area contributed by atoms with Crippen LogP contribution in [-0.2, 0) is 21.4 Å². The van der Waals surface area contributed by atoms with Gasteiger partial charge in [-0.2, -0.15) is 0 Å². The maximum absolute atomic E-state index is 12.4. The van der Waals surface area contributed by atoms with Crippen LogP contribution >= 0.6 is 0 Å². The first-order chi connectivity index (χ1) is 14.1. The van der Waals surface area contributed by atoms with E-state index in [0.717, 1.165) is 37.4 Å². The standard InChI is InChI=1S/C25H31NO3/c1-15-3-6-17-11-19-23-7-8-25(28-2,18(12-23)14-27)22-24(23,20(17)21(15)29-22)9-10-26(19)13-16-4-5-16/h3,6,14,16,18-19,22H,4-5,7-13H2,1-2H3/t18-,19-,22-,23-,24+,25-/m1/s1. The molecule has 0 radical (unpaired) electrons. The maximum atomic E-state index is 12.4. The van der Waals surface area contributed by atoms with Gasteiger partial charge in [0.25, 0.3) is 0 Å². The van der Waals surface area contributed by atoms with Crippen molar-refractivity contribution in [2.75, 3.05) is 20.2 Å². The van der Waals surface area contributed by atoms with Gasteiger partial charge in [-0.1, -0.05) is 12.1 Å². The molecule has 0 unspecified atom stereocenters. The molecule has 0 aromatic heterocycles. The molecule has 5 fully saturated rings. The summed E-state index contributed by atoms with van der Waals surface area (Å²) in [5.74, 6) is 1.97. The van der Waals surface area contributed by atoms with Crippen LogP contribution in [0.1, 0.15) is 55.2 Å². The summed E-state index contributed by atoms with van der Waals surface area (Å²) < 4.78 is 13.2. The van der Waals surface area contributed by atoms with Gasteiger partial charge in [-0.05, 0) is 75.5 Å². The predicted molar refractivity (Wildman–Crippen MR) is 109 cm³/mol. The van der Waals surface area contributed by atoms with Gasteiger partial charge in [-0.25, -0.2) is 0 Å². The van der Waals surface area contributed by atoms with Crippen molar-refractivity contribution in [2.24, 2.45) is 17.3 Å². The van der Waals surface area contributed by atoms with Crippen LogP contribution in [-0.4, -0.2) is 49.1 Å². The number of piperidine rings is 1. The molecule has 2 heterocycles. The highest BCUT2D eigenvalue weighted by molar-refractivity contribution is 5.65. The second kappa shape index (κ2) is 5.26. The second-order valence-electron chi connectivity index (χ2n) is 10.9. The van der Waals surface area contributed by atoms with Crippen molar-refractivity contribution in [1.82, 2.24) is 4.90 Å². The molecule has 4 saturated carbocycles. The average Bonchev–Trinajstić information content (AvgIpc) is 3.48. The zero-order valence-electron chi connectivity index (χ0n) is 17.6. The average molecular weight is 394 g/mol. The topological polar surface area (TPSA) is 38.8 Å². The Hall–Kier alpha value is -1.39. The fraction of sp³-hybridized carbons (Fsp3) is 0.720. The molecule has 1 aromatic carbocycles. The number of ether oxygens (including phenoxy) is 2. The van der Waals surface area contributed by atoms with Crippen molar-refractivity contribution in [3.63, 3.8) is 0 Å². The monoisotopic (exact) mass is 393 g/mol. The van der Waals surface area contributed by atoms with Crippen LogP contribution in [0.4, 0.5) is 0 Å². The number of nitrogens with zero attached hydrogens (tertiary/aromatic N) is 1. The van der Waals surface area contributed by atoms with Gasteiger partial charge >= 0.3 is 0 Å². The number of fused-ring (bicyclic) bond motifs is 2. The lowest BCUT2D eigenvalue weighted by Gasteiger charge is -2.73. The van der Waals surface area contributed by atoms with Gasteiger partial charge < -0.3 is 14.3 Å². The van der Waals surface area contributed by atoms with Crippen molar-refractivity contribution < 1.29 is 14.3 Å². The highest BCUT2D eigenvalue weighted by atomic mass is 16.6. The number of likely N-dealkylation sites (tertiary alicyclic amines) is 1. The highest BCUT2D eigenvalue weighted by Gasteiger charge is 2.80. The van der Waals surface area contributed by atoms with Crippen LogP contribution in [0.25, 0.3) is 0 Å². The Bertz CT molecular complexity index is 925. The molecule has 154 valence electrons. The molecule has 4 nitrogen and oxygen atoms in total. The number of methoxy groups -OCH3 is 1. The van der Waals surface area contributed by atoms with Crippen molar-refractivity contribution in [2.45, 2.75) is 75.0 Å². The summed E-state index contributed by atoms with van der Waals surface area (Å²) in [6.45, 7) is 4.60. The molecule has 7 aliphatic rings. The molecule has 5 aliphatic carbocycles. The van der Waals surface area contributed by atoms with Gasteiger partial charge in [0, 0.05) is 42.0 Å². The summed E-state index contributed by atoms with van der Waals surface area (Å²) in [7, 11) is 1.81. The third-order valence-electron chi connectivity index (χ3n) is 10.1. The summed E-state index contributed by atoms with van der Waals surface area (Å²) in [5, 5.41) is 0. The summed E-state index contributed by atoms with van der Waals surface area (Å²) >= 11 is 0. The molecule has 4 heteroatoms. The first-order valence-electron chi connectivity index (χ1n) is 11.6. The molecule has 1 saturated heterocycles. The molecule has 8 rings (SSSR count). The largest absolute Gasteiger partial charge is 0.486 e. The van der Waals surface area contributed by atoms with E-state index in [1.165, 1.54) is 55.3 Å². The zero-order valence-corrected chi connectivity index (χ0v) is 17.6. The molecular formula is C25H31NO3. The summed E-state index contributed by atoms with van der Waals surface area (Å²) in [6, 6.07) is 5.17. The Kier molecular flexibility index (Phi) is 3.14. The van der Waals surface area contributed by atoms with Crippen LogP contribution in [0, 0.1) is 24.2 Å². The Balaban J connectivity index is 1.49. The third-order valence-corrected chi connectivity index (χ3v) is 10.1. The van der Waals surface area contributed by atoms with E-state index >= 15 is 0 Å². The highest BCUT2D eigenvalue weighted by Crippen LogP contribution is 2.76. The number of hydrogen-bond acceptors (Lipinski definition) is 4. The molecule has 4 bridgehead atoms. The first kappa shape index (κ1) is 17.3. The van der Waals surface area contributed by atoms with E-state index in [2.05, 4.69) is 24.0 Å². The minimum atomic E-state index is -0.465. The van der Waals surface area contributed by atoms with Crippen molar-refractivity contribution in [3.05, 3.63) is 28.8 Å². The fourth-order valence-corrected chi connectivity index (χ4v) is 8.75. The van der Waals surface area contributed by atoms with Gasteiger partial charge in [-0.3, -0.25) is 4.90 Å². The minimum Gasteiger partial charge on any atom is -0.486 e. The normalized spacial score (nSPS) is 46.3. The molecule has 1 aromatic rings. The van der Waals surface area contributed by atoms with E-state index in [4.69, 9.17) is 9.47 Å². The van der Waals surface area contributed by atoms with Gasteiger partial charge in [0.2, 0.25) is 0 Å². The quantitative estimate of drug-likeness (QED) is 0.735. The lowest BCUT2D eigenvalue weighted by molar-refractivity contribution is -0.269. The Morgan fingerprint density at radius 2 is 2.14 bits per heavy atom. The van der Waals surface area contributed by atoms with Crippen LogP contribution in [0.3, 0.4) is 0 Å². The molecule has 6 atom stereocenters. The second-order valence-corrected chi connectivity index (χ2v) is 10.9. The van der Waals surface area contributed by atoms with Crippen molar-refractivity contribution in [3.8, 4) is 5.75 Å². The Morgan fingerprint density at radius 3 is 2.90 bits per heavy atom. The predicted octanol–water partition coefficient (Wildman–Crippen LogP) is 3.42. The number of carbonyl (C=O) groups excluding carboxylic acids is 1. The number of aryl methyl sites for hydroxylation is 1. The van der Waals surface area contributed by atoms with Crippen LogP contribution in [0.15, 0.2) is 12.1 Å². The number of carbonyl (C=O) groups is 1. The number of aldehydes is 1. The molecule has 29 heavy (non-hydrogen) atoms. The SMILES string of the molecule is CO[C@]12CC[C@@]3(C[C@@H]1C=O)[C@H]1Cc4ccc(C)c5c4[C@@]3(CCN1CC1CC1)[C@H]2O5. The van der Waals surface area contributed by atoms with E-state index in [-0.39, 0.29) is 22.9 Å². The zero-order chi connectivity index (χ0) is 19.6. The smallest absolute Gasteiger partial charge is 0.139 e. The number of hydrogen-bond donors (Lipinski definition) is 0. The minimum absolute atomic E-state index is 0.0153. The van der Waals surface area contributed by atoms with Gasteiger partial charge in [0.1, 0.15) is 23.7 Å². The Labute approximate surface area is 172 Å². The van der Waals surface area contributed by atoms with Crippen molar-refractivity contribution >= 4 is 6.29 Å². The molecular weight excluding hydrogens is 362 g/mol. The molecule has 0 amide bonds. The van der Waals surface area contributed by atoms with Gasteiger partial charge in [0.15, 0.2) is 0 Å². The van der Waals surface area contributed by atoms with Gasteiger partial charge in [-0.15, -0.1) is 0 Å². The lowest BCUT2D eigenvalue weighted by Crippen LogP contribution is -2.81. The first-order valence-corrected chi connectivity index (χ1v) is 11.6. The van der Waals surface area contributed by atoms with Crippen LogP contribution in [0.2, 0.25) is 0 Å². The fourth-order valence-electron chi connectivity index (χ4n) is 8.75. The number of rotatable bonds is 4. The Morgan fingerprint density at radius 1 is 1.28 bits per heavy atom. The van der Waals surface area contributed by atoms with E-state index in [1.807, 2.05) is 7.11 Å². The summed E-state index contributed by atoms with van der Waals surface area (Å²) in [6.07, 6.45) is 9.36. The summed E-state index contributed by atoms with van der Waals surface area (Å²) in [5.41, 5.74) is 3.98. The van der Waals surface area contributed by atoms with Gasteiger partial charge in [0.05, 0.1) is 0 Å². The molecule has 2 spiro atoms. The maximum Gasteiger partial charge on any atom is 0.139 e. The summed E-state index contributed by atoms with van der Waals surface area (Å²) in [4.78, 5) is 15.2. The molecule has 0 N–H and O–H groups in total. The van der Waals surface area contributed by atoms with Crippen LogP contribution in [0.5, 0.6) is 5.75 Å². The van der Waals surface area contributed by atoms with Crippen LogP contribution < -0.4 is 4.74 Å². The lowest BCUT2D eigenvalue weighted by atomic mass is 9.35.